The van der Waals surface area contributed by atoms with Crippen LogP contribution in [0.5, 0.6) is 0 Å². The SMILES string of the molecule is CCn1cc(C2(O)CCC3CC32)cn1. The molecule has 1 N–H and O–H groups in total. The minimum atomic E-state index is -0.544. The Kier molecular flexibility index (Phi) is 1.57. The molecule has 3 heteroatoms. The van der Waals surface area contributed by atoms with Crippen LogP contribution in [-0.4, -0.2) is 14.9 Å². The molecule has 0 amide bonds. The monoisotopic (exact) mass is 192 g/mol. The fourth-order valence-electron chi connectivity index (χ4n) is 2.86. The lowest BCUT2D eigenvalue weighted by atomic mass is 9.91. The highest BCUT2D eigenvalue weighted by molar-refractivity contribution is 5.23. The maximum Gasteiger partial charge on any atom is 0.0957 e. The van der Waals surface area contributed by atoms with Crippen molar-refractivity contribution in [3.05, 3.63) is 18.0 Å². The third kappa shape index (κ3) is 0.989. The van der Waals surface area contributed by atoms with Crippen molar-refractivity contribution in [1.82, 2.24) is 9.78 Å². The van der Waals surface area contributed by atoms with Gasteiger partial charge in [0.1, 0.15) is 0 Å². The third-order valence-electron chi connectivity index (χ3n) is 3.89. The molecule has 14 heavy (non-hydrogen) atoms. The van der Waals surface area contributed by atoms with E-state index < -0.39 is 5.60 Å². The smallest absolute Gasteiger partial charge is 0.0957 e. The second-order valence-corrected chi connectivity index (χ2v) is 4.65. The Morgan fingerprint density at radius 3 is 3.07 bits per heavy atom. The first-order valence-electron chi connectivity index (χ1n) is 5.49. The number of nitrogens with zero attached hydrogens (tertiary/aromatic N) is 2. The van der Waals surface area contributed by atoms with Crippen LogP contribution in [0.4, 0.5) is 0 Å². The largest absolute Gasteiger partial charge is 0.385 e. The van der Waals surface area contributed by atoms with E-state index in [4.69, 9.17) is 0 Å². The van der Waals surface area contributed by atoms with Gasteiger partial charge in [-0.3, -0.25) is 4.68 Å². The van der Waals surface area contributed by atoms with Crippen LogP contribution in [0, 0.1) is 11.8 Å². The van der Waals surface area contributed by atoms with Crippen LogP contribution in [0.2, 0.25) is 0 Å². The molecule has 3 unspecified atom stereocenters. The Hall–Kier alpha value is -0.830. The predicted molar refractivity (Wildman–Crippen MR) is 52.6 cm³/mol. The molecule has 76 valence electrons. The highest BCUT2D eigenvalue weighted by Gasteiger charge is 2.58. The first-order chi connectivity index (χ1) is 6.74. The van der Waals surface area contributed by atoms with Crippen molar-refractivity contribution in [3.63, 3.8) is 0 Å². The number of aliphatic hydroxyl groups is 1. The Balaban J connectivity index is 1.93. The fourth-order valence-corrected chi connectivity index (χ4v) is 2.86. The van der Waals surface area contributed by atoms with Gasteiger partial charge < -0.3 is 5.11 Å². The second kappa shape index (κ2) is 2.60. The standard InChI is InChI=1S/C11H16N2O/c1-2-13-7-9(6-12-13)11(14)4-3-8-5-10(8)11/h6-8,10,14H,2-5H2,1H3. The number of aryl methyl sites for hydroxylation is 1. The maximum atomic E-state index is 10.5. The summed E-state index contributed by atoms with van der Waals surface area (Å²) in [5, 5.41) is 14.8. The summed E-state index contributed by atoms with van der Waals surface area (Å²) >= 11 is 0. The summed E-state index contributed by atoms with van der Waals surface area (Å²) in [6.07, 6.45) is 7.18. The van der Waals surface area contributed by atoms with Crippen LogP contribution in [-0.2, 0) is 12.1 Å². The molecule has 0 radical (unpaired) electrons. The van der Waals surface area contributed by atoms with Gasteiger partial charge in [0.25, 0.3) is 0 Å². The van der Waals surface area contributed by atoms with Gasteiger partial charge in [-0.2, -0.15) is 5.10 Å². The molecule has 1 aromatic rings. The van der Waals surface area contributed by atoms with Gasteiger partial charge in [0.05, 0.1) is 11.8 Å². The van der Waals surface area contributed by atoms with Crippen LogP contribution < -0.4 is 0 Å². The Labute approximate surface area is 83.7 Å². The molecule has 2 fully saturated rings. The van der Waals surface area contributed by atoms with Crippen LogP contribution >= 0.6 is 0 Å². The molecule has 3 rings (SSSR count). The minimum absolute atomic E-state index is 0.525. The van der Waals surface area contributed by atoms with Crippen molar-refractivity contribution in [1.29, 1.82) is 0 Å². The molecule has 0 bridgehead atoms. The van der Waals surface area contributed by atoms with Gasteiger partial charge in [-0.1, -0.05) is 0 Å². The van der Waals surface area contributed by atoms with E-state index in [2.05, 4.69) is 12.0 Å². The number of hydrogen-bond donors (Lipinski definition) is 1. The first-order valence-corrected chi connectivity index (χ1v) is 5.49. The van der Waals surface area contributed by atoms with Gasteiger partial charge in [0, 0.05) is 18.3 Å². The number of fused-ring (bicyclic) bond motifs is 1. The van der Waals surface area contributed by atoms with Gasteiger partial charge in [-0.05, 0) is 38.0 Å². The molecule has 1 aromatic heterocycles. The van der Waals surface area contributed by atoms with E-state index in [0.717, 1.165) is 24.4 Å². The topological polar surface area (TPSA) is 38.0 Å². The average molecular weight is 192 g/mol. The number of rotatable bonds is 2. The van der Waals surface area contributed by atoms with E-state index in [1.54, 1.807) is 0 Å². The maximum absolute atomic E-state index is 10.5. The van der Waals surface area contributed by atoms with Gasteiger partial charge in [-0.25, -0.2) is 0 Å². The summed E-state index contributed by atoms with van der Waals surface area (Å²) in [5.41, 5.74) is 0.488. The summed E-state index contributed by atoms with van der Waals surface area (Å²) in [5.74, 6) is 1.32. The highest BCUT2D eigenvalue weighted by Crippen LogP contribution is 2.61. The van der Waals surface area contributed by atoms with Crippen molar-refractivity contribution in [2.75, 3.05) is 0 Å². The van der Waals surface area contributed by atoms with Gasteiger partial charge in [-0.15, -0.1) is 0 Å². The molecule has 3 nitrogen and oxygen atoms in total. The van der Waals surface area contributed by atoms with Gasteiger partial charge in [0.15, 0.2) is 0 Å². The molecule has 0 aliphatic heterocycles. The van der Waals surface area contributed by atoms with Gasteiger partial charge in [0.2, 0.25) is 0 Å². The highest BCUT2D eigenvalue weighted by atomic mass is 16.3. The number of hydrogen-bond acceptors (Lipinski definition) is 2. The molecule has 0 saturated heterocycles. The zero-order valence-electron chi connectivity index (χ0n) is 8.48. The van der Waals surface area contributed by atoms with Crippen LogP contribution in [0.15, 0.2) is 12.4 Å². The van der Waals surface area contributed by atoms with Crippen molar-refractivity contribution in [2.45, 2.75) is 38.3 Å². The normalized spacial score (nSPS) is 39.9. The van der Waals surface area contributed by atoms with E-state index in [9.17, 15) is 5.11 Å². The van der Waals surface area contributed by atoms with Gasteiger partial charge >= 0.3 is 0 Å². The molecular formula is C11H16N2O. The van der Waals surface area contributed by atoms with Crippen LogP contribution in [0.1, 0.15) is 31.7 Å². The average Bonchev–Trinajstić information content (AvgIpc) is 2.70. The van der Waals surface area contributed by atoms with Crippen molar-refractivity contribution < 1.29 is 5.11 Å². The molecule has 0 spiro atoms. The van der Waals surface area contributed by atoms with Crippen LogP contribution in [0.25, 0.3) is 0 Å². The third-order valence-corrected chi connectivity index (χ3v) is 3.89. The lowest BCUT2D eigenvalue weighted by Gasteiger charge is -2.22. The molecule has 2 aliphatic rings. The summed E-state index contributed by atoms with van der Waals surface area (Å²) in [4.78, 5) is 0. The van der Waals surface area contributed by atoms with Crippen molar-refractivity contribution >= 4 is 0 Å². The first kappa shape index (κ1) is 8.48. The summed E-state index contributed by atoms with van der Waals surface area (Å²) < 4.78 is 1.89. The van der Waals surface area contributed by atoms with E-state index in [0.29, 0.717) is 5.92 Å². The summed E-state index contributed by atoms with van der Waals surface area (Å²) in [6.45, 7) is 2.94. The predicted octanol–water partition coefficient (Wildman–Crippen LogP) is 1.52. The molecule has 1 heterocycles. The number of aromatic nitrogens is 2. The van der Waals surface area contributed by atoms with Crippen molar-refractivity contribution in [2.24, 2.45) is 11.8 Å². The summed E-state index contributed by atoms with van der Waals surface area (Å²) in [7, 11) is 0. The molecule has 2 saturated carbocycles. The zero-order chi connectivity index (χ0) is 9.76. The Morgan fingerprint density at radius 1 is 1.71 bits per heavy atom. The quantitative estimate of drug-likeness (QED) is 0.771. The molecular weight excluding hydrogens is 176 g/mol. The lowest BCUT2D eigenvalue weighted by molar-refractivity contribution is 0.0206. The van der Waals surface area contributed by atoms with E-state index in [1.165, 1.54) is 12.8 Å². The second-order valence-electron chi connectivity index (χ2n) is 4.65. The summed E-state index contributed by atoms with van der Waals surface area (Å²) in [6, 6.07) is 0. The Morgan fingerprint density at radius 2 is 2.57 bits per heavy atom. The molecule has 3 atom stereocenters. The van der Waals surface area contributed by atoms with E-state index in [-0.39, 0.29) is 0 Å². The van der Waals surface area contributed by atoms with E-state index >= 15 is 0 Å². The lowest BCUT2D eigenvalue weighted by Crippen LogP contribution is -2.24. The van der Waals surface area contributed by atoms with Crippen molar-refractivity contribution in [3.8, 4) is 0 Å². The van der Waals surface area contributed by atoms with Crippen LogP contribution in [0.3, 0.4) is 0 Å². The Bertz CT molecular complexity index is 360. The fraction of sp³-hybridized carbons (Fsp3) is 0.727. The molecule has 0 aromatic carbocycles. The van der Waals surface area contributed by atoms with E-state index in [1.807, 2.05) is 17.1 Å². The zero-order valence-corrected chi connectivity index (χ0v) is 8.48. The minimum Gasteiger partial charge on any atom is -0.385 e. The molecule has 2 aliphatic carbocycles.